The number of hydrogen-bond donors (Lipinski definition) is 0. The van der Waals surface area contributed by atoms with E-state index >= 15 is 0 Å². The molecule has 1 fully saturated rings. The van der Waals surface area contributed by atoms with Gasteiger partial charge in [-0.15, -0.1) is 10.2 Å². The standard InChI is InChI=1S/C14H22N4O3/c1-14(2,3)21-13(19)18-9-7-17(8-10-18)11-5-6-12(20-4)16-15-11/h5-6H,7-10H2,1-4H3. The monoisotopic (exact) mass is 294 g/mol. The van der Waals surface area contributed by atoms with Crippen molar-refractivity contribution < 1.29 is 14.3 Å². The van der Waals surface area contributed by atoms with Crippen LogP contribution in [0.5, 0.6) is 5.88 Å². The molecule has 1 saturated heterocycles. The number of nitrogens with zero attached hydrogens (tertiary/aromatic N) is 4. The second kappa shape index (κ2) is 6.15. The number of aromatic nitrogens is 2. The normalized spacial score (nSPS) is 15.8. The third-order valence-corrected chi connectivity index (χ3v) is 3.09. The molecule has 0 N–H and O–H groups in total. The van der Waals surface area contributed by atoms with Gasteiger partial charge in [0.2, 0.25) is 5.88 Å². The number of carbonyl (C=O) groups is 1. The fourth-order valence-corrected chi connectivity index (χ4v) is 2.04. The molecule has 116 valence electrons. The predicted octanol–water partition coefficient (Wildman–Crippen LogP) is 1.54. The molecular formula is C14H22N4O3. The van der Waals surface area contributed by atoms with Crippen LogP contribution in [0.2, 0.25) is 0 Å². The minimum Gasteiger partial charge on any atom is -0.480 e. The van der Waals surface area contributed by atoms with E-state index in [4.69, 9.17) is 9.47 Å². The topological polar surface area (TPSA) is 67.8 Å². The number of ether oxygens (including phenoxy) is 2. The fourth-order valence-electron chi connectivity index (χ4n) is 2.04. The molecule has 2 heterocycles. The summed E-state index contributed by atoms with van der Waals surface area (Å²) in [5, 5.41) is 8.07. The summed E-state index contributed by atoms with van der Waals surface area (Å²) in [7, 11) is 1.56. The average molecular weight is 294 g/mol. The van der Waals surface area contributed by atoms with Gasteiger partial charge in [-0.25, -0.2) is 4.79 Å². The van der Waals surface area contributed by atoms with Gasteiger partial charge < -0.3 is 19.3 Å². The molecule has 21 heavy (non-hydrogen) atoms. The van der Waals surface area contributed by atoms with E-state index in [1.54, 1.807) is 18.1 Å². The van der Waals surface area contributed by atoms with E-state index in [9.17, 15) is 4.79 Å². The van der Waals surface area contributed by atoms with Crippen molar-refractivity contribution in [3.63, 3.8) is 0 Å². The largest absolute Gasteiger partial charge is 0.480 e. The van der Waals surface area contributed by atoms with E-state index in [-0.39, 0.29) is 6.09 Å². The minimum absolute atomic E-state index is 0.261. The van der Waals surface area contributed by atoms with E-state index in [1.807, 2.05) is 26.8 Å². The van der Waals surface area contributed by atoms with E-state index in [0.29, 0.717) is 32.1 Å². The molecule has 0 bridgehead atoms. The Morgan fingerprint density at radius 1 is 1.14 bits per heavy atom. The average Bonchev–Trinajstić information content (AvgIpc) is 2.46. The number of carbonyl (C=O) groups excluding carboxylic acids is 1. The Morgan fingerprint density at radius 3 is 2.29 bits per heavy atom. The van der Waals surface area contributed by atoms with Crippen molar-refractivity contribution in [3.05, 3.63) is 12.1 Å². The molecule has 1 aromatic rings. The van der Waals surface area contributed by atoms with Crippen molar-refractivity contribution in [2.24, 2.45) is 0 Å². The fraction of sp³-hybridized carbons (Fsp3) is 0.643. The Kier molecular flexibility index (Phi) is 4.50. The number of rotatable bonds is 2. The molecule has 0 radical (unpaired) electrons. The van der Waals surface area contributed by atoms with Crippen molar-refractivity contribution in [3.8, 4) is 5.88 Å². The molecule has 7 nitrogen and oxygen atoms in total. The van der Waals surface area contributed by atoms with Gasteiger partial charge in [-0.2, -0.15) is 0 Å². The van der Waals surface area contributed by atoms with Crippen LogP contribution in [-0.2, 0) is 4.74 Å². The number of amides is 1. The van der Waals surface area contributed by atoms with E-state index in [1.165, 1.54) is 0 Å². The van der Waals surface area contributed by atoms with Crippen LogP contribution in [0.15, 0.2) is 12.1 Å². The summed E-state index contributed by atoms with van der Waals surface area (Å²) in [5.41, 5.74) is -0.463. The number of anilines is 1. The van der Waals surface area contributed by atoms with Gasteiger partial charge in [0.05, 0.1) is 7.11 Å². The Hall–Kier alpha value is -2.05. The summed E-state index contributed by atoms with van der Waals surface area (Å²) >= 11 is 0. The van der Waals surface area contributed by atoms with Crippen LogP contribution >= 0.6 is 0 Å². The highest BCUT2D eigenvalue weighted by molar-refractivity contribution is 5.68. The molecule has 0 atom stereocenters. The van der Waals surface area contributed by atoms with Crippen LogP contribution in [-0.4, -0.2) is 60.1 Å². The van der Waals surface area contributed by atoms with E-state index in [2.05, 4.69) is 15.1 Å². The van der Waals surface area contributed by atoms with Crippen molar-refractivity contribution in [1.82, 2.24) is 15.1 Å². The molecule has 0 saturated carbocycles. The first-order valence-electron chi connectivity index (χ1n) is 6.99. The smallest absolute Gasteiger partial charge is 0.410 e. The Bertz CT molecular complexity index is 476. The summed E-state index contributed by atoms with van der Waals surface area (Å²) in [5.74, 6) is 1.28. The van der Waals surface area contributed by atoms with Gasteiger partial charge in [-0.3, -0.25) is 0 Å². The molecule has 7 heteroatoms. The van der Waals surface area contributed by atoms with Crippen LogP contribution in [0, 0.1) is 0 Å². The SMILES string of the molecule is COc1ccc(N2CCN(C(=O)OC(C)(C)C)CC2)nn1. The molecule has 0 unspecified atom stereocenters. The quantitative estimate of drug-likeness (QED) is 0.824. The third-order valence-electron chi connectivity index (χ3n) is 3.09. The van der Waals surface area contributed by atoms with Crippen molar-refractivity contribution in [1.29, 1.82) is 0 Å². The maximum atomic E-state index is 12.0. The van der Waals surface area contributed by atoms with Crippen molar-refractivity contribution in [2.45, 2.75) is 26.4 Å². The molecule has 1 aliphatic rings. The van der Waals surface area contributed by atoms with Gasteiger partial charge in [0.1, 0.15) is 5.60 Å². The van der Waals surface area contributed by atoms with Gasteiger partial charge in [0.15, 0.2) is 5.82 Å². The molecule has 1 aliphatic heterocycles. The molecule has 1 aromatic heterocycles. The highest BCUT2D eigenvalue weighted by atomic mass is 16.6. The summed E-state index contributed by atoms with van der Waals surface area (Å²) in [4.78, 5) is 15.8. The first kappa shape index (κ1) is 15.3. The minimum atomic E-state index is -0.463. The lowest BCUT2D eigenvalue weighted by Gasteiger charge is -2.35. The molecule has 0 spiro atoms. The van der Waals surface area contributed by atoms with E-state index < -0.39 is 5.60 Å². The number of hydrogen-bond acceptors (Lipinski definition) is 6. The highest BCUT2D eigenvalue weighted by Crippen LogP contribution is 2.16. The lowest BCUT2D eigenvalue weighted by atomic mass is 10.2. The zero-order chi connectivity index (χ0) is 15.5. The maximum absolute atomic E-state index is 12.0. The molecule has 2 rings (SSSR count). The van der Waals surface area contributed by atoms with Crippen molar-refractivity contribution >= 4 is 11.9 Å². The number of piperazine rings is 1. The maximum Gasteiger partial charge on any atom is 0.410 e. The first-order valence-corrected chi connectivity index (χ1v) is 6.99. The number of methoxy groups -OCH3 is 1. The van der Waals surface area contributed by atoms with Gasteiger partial charge in [0.25, 0.3) is 0 Å². The van der Waals surface area contributed by atoms with Gasteiger partial charge in [-0.1, -0.05) is 0 Å². The Labute approximate surface area is 124 Å². The Morgan fingerprint density at radius 2 is 1.81 bits per heavy atom. The lowest BCUT2D eigenvalue weighted by Crippen LogP contribution is -2.50. The van der Waals surface area contributed by atoms with Gasteiger partial charge in [0, 0.05) is 32.2 Å². The summed E-state index contributed by atoms with van der Waals surface area (Å²) < 4.78 is 10.4. The van der Waals surface area contributed by atoms with Crippen LogP contribution in [0.25, 0.3) is 0 Å². The third kappa shape index (κ3) is 4.21. The second-order valence-electron chi connectivity index (χ2n) is 5.89. The van der Waals surface area contributed by atoms with Gasteiger partial charge >= 0.3 is 6.09 Å². The van der Waals surface area contributed by atoms with Crippen molar-refractivity contribution in [2.75, 3.05) is 38.2 Å². The first-order chi connectivity index (χ1) is 9.89. The molecule has 0 aromatic carbocycles. The zero-order valence-corrected chi connectivity index (χ0v) is 13.0. The second-order valence-corrected chi connectivity index (χ2v) is 5.89. The molecule has 0 aliphatic carbocycles. The Balaban J connectivity index is 1.89. The van der Waals surface area contributed by atoms with Crippen LogP contribution in [0.1, 0.15) is 20.8 Å². The summed E-state index contributed by atoms with van der Waals surface area (Å²) in [6.45, 7) is 8.25. The molecule has 1 amide bonds. The highest BCUT2D eigenvalue weighted by Gasteiger charge is 2.26. The summed E-state index contributed by atoms with van der Waals surface area (Å²) in [6, 6.07) is 3.65. The zero-order valence-electron chi connectivity index (χ0n) is 13.0. The molecular weight excluding hydrogens is 272 g/mol. The van der Waals surface area contributed by atoms with Crippen LogP contribution < -0.4 is 9.64 Å². The van der Waals surface area contributed by atoms with Gasteiger partial charge in [-0.05, 0) is 26.8 Å². The van der Waals surface area contributed by atoms with Crippen LogP contribution in [0.3, 0.4) is 0 Å². The van der Waals surface area contributed by atoms with Crippen LogP contribution in [0.4, 0.5) is 10.6 Å². The summed E-state index contributed by atoms with van der Waals surface area (Å²) in [6.07, 6.45) is -0.261. The predicted molar refractivity (Wildman–Crippen MR) is 78.6 cm³/mol. The van der Waals surface area contributed by atoms with E-state index in [0.717, 1.165) is 5.82 Å². The lowest BCUT2D eigenvalue weighted by molar-refractivity contribution is 0.0240.